The molecule has 1 aromatic rings. The summed E-state index contributed by atoms with van der Waals surface area (Å²) in [5.41, 5.74) is 1.62. The molecule has 1 aromatic carbocycles. The highest BCUT2D eigenvalue weighted by Gasteiger charge is 2.33. The minimum Gasteiger partial charge on any atom is -0.481 e. The van der Waals surface area contributed by atoms with Gasteiger partial charge in [0.05, 0.1) is 12.0 Å². The number of halogens is 2. The third-order valence-corrected chi connectivity index (χ3v) is 4.19. The van der Waals surface area contributed by atoms with Gasteiger partial charge >= 0.3 is 5.97 Å². The van der Waals surface area contributed by atoms with Crippen LogP contribution in [0.3, 0.4) is 0 Å². The molecule has 0 spiro atoms. The molecular weight excluding hydrogens is 327 g/mol. The lowest BCUT2D eigenvalue weighted by Crippen LogP contribution is -2.41. The SMILES string of the molecule is Cc1ccc(Cl)cc1NC(=O)C(C)N1CCC(C(=O)O)C1.Cl. The third kappa shape index (κ3) is 4.35. The highest BCUT2D eigenvalue weighted by atomic mass is 35.5. The van der Waals surface area contributed by atoms with Gasteiger partial charge in [-0.1, -0.05) is 17.7 Å². The number of aryl methyl sites for hydroxylation is 1. The summed E-state index contributed by atoms with van der Waals surface area (Å²) in [6, 6.07) is 4.96. The van der Waals surface area contributed by atoms with Crippen molar-refractivity contribution in [1.29, 1.82) is 0 Å². The van der Waals surface area contributed by atoms with Crippen molar-refractivity contribution in [3.8, 4) is 0 Å². The molecule has 122 valence electrons. The van der Waals surface area contributed by atoms with Crippen molar-refractivity contribution >= 4 is 41.6 Å². The fourth-order valence-corrected chi connectivity index (χ4v) is 2.64. The van der Waals surface area contributed by atoms with Crippen LogP contribution in [0.5, 0.6) is 0 Å². The van der Waals surface area contributed by atoms with Gasteiger partial charge in [0.1, 0.15) is 0 Å². The van der Waals surface area contributed by atoms with E-state index in [1.807, 2.05) is 17.9 Å². The van der Waals surface area contributed by atoms with E-state index in [4.69, 9.17) is 16.7 Å². The van der Waals surface area contributed by atoms with E-state index in [9.17, 15) is 9.59 Å². The molecule has 22 heavy (non-hydrogen) atoms. The summed E-state index contributed by atoms with van der Waals surface area (Å²) >= 11 is 5.93. The fraction of sp³-hybridized carbons (Fsp3) is 0.467. The second-order valence-electron chi connectivity index (χ2n) is 5.44. The summed E-state index contributed by atoms with van der Waals surface area (Å²) in [6.45, 7) is 4.73. The topological polar surface area (TPSA) is 69.6 Å². The van der Waals surface area contributed by atoms with E-state index in [-0.39, 0.29) is 30.3 Å². The van der Waals surface area contributed by atoms with Crippen molar-refractivity contribution < 1.29 is 14.7 Å². The van der Waals surface area contributed by atoms with Crippen molar-refractivity contribution in [2.75, 3.05) is 18.4 Å². The average molecular weight is 347 g/mol. The van der Waals surface area contributed by atoms with Crippen molar-refractivity contribution in [3.63, 3.8) is 0 Å². The van der Waals surface area contributed by atoms with Gasteiger partial charge in [-0.2, -0.15) is 0 Å². The van der Waals surface area contributed by atoms with Gasteiger partial charge in [-0.15, -0.1) is 12.4 Å². The Bertz CT molecular complexity index is 566. The van der Waals surface area contributed by atoms with Crippen LogP contribution in [0.2, 0.25) is 5.02 Å². The summed E-state index contributed by atoms with van der Waals surface area (Å²) in [4.78, 5) is 25.2. The summed E-state index contributed by atoms with van der Waals surface area (Å²) in [5.74, 6) is -1.32. The number of anilines is 1. The summed E-state index contributed by atoms with van der Waals surface area (Å²) < 4.78 is 0. The van der Waals surface area contributed by atoms with Crippen LogP contribution < -0.4 is 5.32 Å². The van der Waals surface area contributed by atoms with Crippen LogP contribution in [0.15, 0.2) is 18.2 Å². The standard InChI is InChI=1S/C15H19ClN2O3.ClH/c1-9-3-4-12(16)7-13(9)17-14(19)10(2)18-6-5-11(8-18)15(20)21;/h3-4,7,10-11H,5-6,8H2,1-2H3,(H,17,19)(H,20,21);1H. The zero-order valence-corrected chi connectivity index (χ0v) is 14.1. The molecule has 1 amide bonds. The molecule has 2 unspecified atom stereocenters. The number of carbonyl (C=O) groups excluding carboxylic acids is 1. The van der Waals surface area contributed by atoms with E-state index in [0.29, 0.717) is 30.2 Å². The monoisotopic (exact) mass is 346 g/mol. The molecule has 2 rings (SSSR count). The molecule has 1 heterocycles. The predicted octanol–water partition coefficient (Wildman–Crippen LogP) is 2.80. The molecule has 1 aliphatic rings. The van der Waals surface area contributed by atoms with Gasteiger partial charge in [-0.3, -0.25) is 14.5 Å². The molecule has 1 saturated heterocycles. The van der Waals surface area contributed by atoms with Gasteiger partial charge < -0.3 is 10.4 Å². The van der Waals surface area contributed by atoms with Crippen molar-refractivity contribution in [2.24, 2.45) is 5.92 Å². The minimum absolute atomic E-state index is 0. The number of amides is 1. The van der Waals surface area contributed by atoms with Crippen molar-refractivity contribution in [3.05, 3.63) is 28.8 Å². The molecule has 5 nitrogen and oxygen atoms in total. The number of nitrogens with one attached hydrogen (secondary N) is 1. The molecule has 0 bridgehead atoms. The van der Waals surface area contributed by atoms with E-state index in [2.05, 4.69) is 5.32 Å². The van der Waals surface area contributed by atoms with E-state index < -0.39 is 5.97 Å². The first-order valence-electron chi connectivity index (χ1n) is 6.92. The highest BCUT2D eigenvalue weighted by molar-refractivity contribution is 6.31. The second kappa shape index (κ2) is 7.81. The quantitative estimate of drug-likeness (QED) is 0.879. The van der Waals surface area contributed by atoms with Crippen LogP contribution in [-0.4, -0.2) is 41.0 Å². The molecule has 0 aliphatic carbocycles. The number of nitrogens with zero attached hydrogens (tertiary/aromatic N) is 1. The number of likely N-dealkylation sites (tertiary alicyclic amines) is 1. The van der Waals surface area contributed by atoms with Gasteiger partial charge in [0, 0.05) is 17.3 Å². The smallest absolute Gasteiger partial charge is 0.307 e. The first kappa shape index (κ1) is 18.7. The number of hydrogen-bond acceptors (Lipinski definition) is 3. The van der Waals surface area contributed by atoms with Crippen LogP contribution >= 0.6 is 24.0 Å². The zero-order chi connectivity index (χ0) is 15.6. The maximum atomic E-state index is 12.3. The number of benzene rings is 1. The number of carboxylic acid groups (broad SMARTS) is 1. The fourth-order valence-electron chi connectivity index (χ4n) is 2.47. The number of carboxylic acids is 1. The van der Waals surface area contributed by atoms with Crippen LogP contribution in [0, 0.1) is 12.8 Å². The number of rotatable bonds is 4. The Labute approximate surface area is 141 Å². The maximum Gasteiger partial charge on any atom is 0.307 e. The molecule has 1 aliphatic heterocycles. The van der Waals surface area contributed by atoms with Crippen LogP contribution in [0.4, 0.5) is 5.69 Å². The predicted molar refractivity (Wildman–Crippen MR) is 88.8 cm³/mol. The summed E-state index contributed by atoms with van der Waals surface area (Å²) in [5, 5.41) is 12.4. The Kier molecular flexibility index (Phi) is 6.66. The maximum absolute atomic E-state index is 12.3. The van der Waals surface area contributed by atoms with Gasteiger partial charge in [-0.05, 0) is 44.5 Å². The van der Waals surface area contributed by atoms with Crippen molar-refractivity contribution in [1.82, 2.24) is 4.90 Å². The van der Waals surface area contributed by atoms with E-state index in [1.165, 1.54) is 0 Å². The van der Waals surface area contributed by atoms with E-state index >= 15 is 0 Å². The number of hydrogen-bond donors (Lipinski definition) is 2. The summed E-state index contributed by atoms with van der Waals surface area (Å²) in [6.07, 6.45) is 0.586. The van der Waals surface area contributed by atoms with Gasteiger partial charge in [0.25, 0.3) is 0 Å². The third-order valence-electron chi connectivity index (χ3n) is 3.95. The Hall–Kier alpha value is -1.30. The highest BCUT2D eigenvalue weighted by Crippen LogP contribution is 2.22. The Morgan fingerprint density at radius 1 is 1.45 bits per heavy atom. The number of aliphatic carboxylic acids is 1. The van der Waals surface area contributed by atoms with E-state index in [0.717, 1.165) is 5.56 Å². The molecule has 2 atom stereocenters. The van der Waals surface area contributed by atoms with Gasteiger partial charge in [0.15, 0.2) is 0 Å². The van der Waals surface area contributed by atoms with E-state index in [1.54, 1.807) is 19.1 Å². The Morgan fingerprint density at radius 2 is 2.14 bits per heavy atom. The minimum atomic E-state index is -0.796. The van der Waals surface area contributed by atoms with Crippen LogP contribution in [0.1, 0.15) is 18.9 Å². The Balaban J connectivity index is 0.00000242. The lowest BCUT2D eigenvalue weighted by Gasteiger charge is -2.23. The molecule has 2 N–H and O–H groups in total. The first-order chi connectivity index (χ1) is 9.88. The molecule has 0 radical (unpaired) electrons. The second-order valence-corrected chi connectivity index (χ2v) is 5.88. The first-order valence-corrected chi connectivity index (χ1v) is 7.30. The zero-order valence-electron chi connectivity index (χ0n) is 12.5. The molecule has 1 fully saturated rings. The largest absolute Gasteiger partial charge is 0.481 e. The average Bonchev–Trinajstić information content (AvgIpc) is 2.91. The number of carbonyl (C=O) groups is 2. The Morgan fingerprint density at radius 3 is 2.73 bits per heavy atom. The van der Waals surface area contributed by atoms with Crippen LogP contribution in [-0.2, 0) is 9.59 Å². The molecule has 0 saturated carbocycles. The van der Waals surface area contributed by atoms with Gasteiger partial charge in [0.2, 0.25) is 5.91 Å². The molecular formula is C15H20Cl2N2O3. The van der Waals surface area contributed by atoms with Crippen LogP contribution in [0.25, 0.3) is 0 Å². The van der Waals surface area contributed by atoms with Gasteiger partial charge in [-0.25, -0.2) is 0 Å². The van der Waals surface area contributed by atoms with Crippen molar-refractivity contribution in [2.45, 2.75) is 26.3 Å². The normalized spacial score (nSPS) is 19.3. The lowest BCUT2D eigenvalue weighted by molar-refractivity contribution is -0.141. The molecule has 0 aromatic heterocycles. The summed E-state index contributed by atoms with van der Waals surface area (Å²) in [7, 11) is 0. The lowest BCUT2D eigenvalue weighted by atomic mass is 10.1. The molecule has 7 heteroatoms.